The second-order valence-corrected chi connectivity index (χ2v) is 10.0. The van der Waals surface area contributed by atoms with Crippen LogP contribution < -0.4 is 14.8 Å². The normalized spacial score (nSPS) is 10.9. The number of hydrogen-bond donors (Lipinski definition) is 1. The van der Waals surface area contributed by atoms with Crippen LogP contribution in [0.25, 0.3) is 21.3 Å². The molecule has 3 aromatic carbocycles. The first-order chi connectivity index (χ1) is 17.1. The summed E-state index contributed by atoms with van der Waals surface area (Å²) in [5.74, 6) is 1.26. The summed E-state index contributed by atoms with van der Waals surface area (Å²) < 4.78 is 11.9. The Morgan fingerprint density at radius 3 is 2.57 bits per heavy atom. The van der Waals surface area contributed by atoms with E-state index >= 15 is 0 Å². The molecule has 0 aliphatic heterocycles. The average Bonchev–Trinajstić information content (AvgIpc) is 3.50. The maximum atomic E-state index is 13.4. The van der Waals surface area contributed by atoms with Crippen LogP contribution >= 0.6 is 22.7 Å². The quantitative estimate of drug-likeness (QED) is 0.257. The Bertz CT molecular complexity index is 1500. The van der Waals surface area contributed by atoms with Crippen molar-refractivity contribution in [2.75, 3.05) is 19.5 Å². The third-order valence-corrected chi connectivity index (χ3v) is 7.78. The third kappa shape index (κ3) is 4.78. The number of methoxy groups -OCH3 is 2. The zero-order valence-corrected chi connectivity index (χ0v) is 21.3. The van der Waals surface area contributed by atoms with Gasteiger partial charge in [-0.2, -0.15) is 0 Å². The molecule has 2 aromatic heterocycles. The summed E-state index contributed by atoms with van der Waals surface area (Å²) in [4.78, 5) is 18.8. The molecule has 5 rings (SSSR count). The third-order valence-electron chi connectivity index (χ3n) is 5.81. The van der Waals surface area contributed by atoms with Crippen molar-refractivity contribution in [3.8, 4) is 22.8 Å². The second-order valence-electron chi connectivity index (χ2n) is 8.13. The van der Waals surface area contributed by atoms with Crippen LogP contribution in [0.1, 0.15) is 26.4 Å². The molecule has 5 nitrogen and oxygen atoms in total. The molecule has 0 spiro atoms. The van der Waals surface area contributed by atoms with Gasteiger partial charge in [0.2, 0.25) is 0 Å². The van der Waals surface area contributed by atoms with E-state index in [-0.39, 0.29) is 5.91 Å². The first-order valence-electron chi connectivity index (χ1n) is 11.1. The van der Waals surface area contributed by atoms with Crippen LogP contribution in [0.4, 0.5) is 5.13 Å². The predicted octanol–water partition coefficient (Wildman–Crippen LogP) is 7.19. The number of thiophene rings is 1. The fourth-order valence-electron chi connectivity index (χ4n) is 3.99. The Kier molecular flexibility index (Phi) is 6.53. The number of thiazole rings is 1. The summed E-state index contributed by atoms with van der Waals surface area (Å²) in [5.41, 5.74) is 4.96. The molecule has 2 heterocycles. The van der Waals surface area contributed by atoms with Gasteiger partial charge in [-0.1, -0.05) is 48.0 Å². The maximum Gasteiger partial charge on any atom is 0.267 e. The Morgan fingerprint density at radius 1 is 1.00 bits per heavy atom. The standard InChI is InChI=1S/C28H24N2O3S2/c1-17-8-10-18(11-9-17)14-21-20-6-4-5-7-25(20)35-26(21)27(31)30-28-29-23(16-34-28)22-15-19(32-2)12-13-24(22)33-3/h4-13,15-16H,14H2,1-3H3,(H,29,30,31). The van der Waals surface area contributed by atoms with Gasteiger partial charge in [-0.05, 0) is 54.1 Å². The van der Waals surface area contributed by atoms with Gasteiger partial charge in [0.1, 0.15) is 11.5 Å². The van der Waals surface area contributed by atoms with Gasteiger partial charge in [0.25, 0.3) is 5.91 Å². The average molecular weight is 501 g/mol. The molecule has 35 heavy (non-hydrogen) atoms. The lowest BCUT2D eigenvalue weighted by Gasteiger charge is -2.08. The predicted molar refractivity (Wildman–Crippen MR) is 144 cm³/mol. The van der Waals surface area contributed by atoms with Gasteiger partial charge in [0.05, 0.1) is 24.8 Å². The van der Waals surface area contributed by atoms with Crippen molar-refractivity contribution < 1.29 is 14.3 Å². The molecule has 0 aliphatic carbocycles. The molecule has 5 aromatic rings. The molecule has 0 saturated carbocycles. The van der Waals surface area contributed by atoms with Crippen LogP contribution in [0.5, 0.6) is 11.5 Å². The smallest absolute Gasteiger partial charge is 0.267 e. The van der Waals surface area contributed by atoms with Gasteiger partial charge in [0, 0.05) is 15.6 Å². The lowest BCUT2D eigenvalue weighted by molar-refractivity contribution is 0.103. The molecule has 0 bridgehead atoms. The Labute approximate surface area is 212 Å². The molecule has 0 saturated heterocycles. The zero-order valence-electron chi connectivity index (χ0n) is 19.6. The number of fused-ring (bicyclic) bond motifs is 1. The first-order valence-corrected chi connectivity index (χ1v) is 12.8. The minimum atomic E-state index is -0.146. The minimum absolute atomic E-state index is 0.146. The number of aromatic nitrogens is 1. The van der Waals surface area contributed by atoms with Crippen molar-refractivity contribution in [3.63, 3.8) is 0 Å². The van der Waals surface area contributed by atoms with E-state index in [2.05, 4.69) is 53.6 Å². The number of anilines is 1. The number of amides is 1. The molecule has 0 atom stereocenters. The van der Waals surface area contributed by atoms with Crippen molar-refractivity contribution in [1.29, 1.82) is 0 Å². The van der Waals surface area contributed by atoms with Crippen LogP contribution in [-0.2, 0) is 6.42 Å². The molecular weight excluding hydrogens is 476 g/mol. The van der Waals surface area contributed by atoms with Gasteiger partial charge in [-0.3, -0.25) is 10.1 Å². The van der Waals surface area contributed by atoms with Crippen LogP contribution in [0.2, 0.25) is 0 Å². The summed E-state index contributed by atoms with van der Waals surface area (Å²) in [7, 11) is 3.24. The summed E-state index contributed by atoms with van der Waals surface area (Å²) in [6.07, 6.45) is 0.692. The molecule has 0 fully saturated rings. The van der Waals surface area contributed by atoms with Gasteiger partial charge >= 0.3 is 0 Å². The number of carbonyl (C=O) groups excluding carboxylic acids is 1. The Hall–Kier alpha value is -3.68. The largest absolute Gasteiger partial charge is 0.497 e. The fourth-order valence-corrected chi connectivity index (χ4v) is 5.81. The van der Waals surface area contributed by atoms with E-state index in [0.717, 1.165) is 26.9 Å². The molecule has 0 unspecified atom stereocenters. The monoisotopic (exact) mass is 500 g/mol. The van der Waals surface area contributed by atoms with Crippen molar-refractivity contribution >= 4 is 43.8 Å². The maximum absolute atomic E-state index is 13.4. The SMILES string of the molecule is COc1ccc(OC)c(-c2csc(NC(=O)c3sc4ccccc4c3Cc3ccc(C)cc3)n2)c1. The molecule has 1 amide bonds. The zero-order chi connectivity index (χ0) is 24.4. The van der Waals surface area contributed by atoms with Crippen LogP contribution in [0, 0.1) is 6.92 Å². The highest BCUT2D eigenvalue weighted by atomic mass is 32.1. The molecule has 176 valence electrons. The van der Waals surface area contributed by atoms with E-state index in [1.807, 2.05) is 35.7 Å². The summed E-state index contributed by atoms with van der Waals surface area (Å²) in [5, 5.41) is 6.58. The number of carbonyl (C=O) groups is 1. The highest BCUT2D eigenvalue weighted by molar-refractivity contribution is 7.21. The van der Waals surface area contributed by atoms with Gasteiger partial charge < -0.3 is 9.47 Å². The number of hydrogen-bond acceptors (Lipinski definition) is 6. The first kappa shape index (κ1) is 23.1. The van der Waals surface area contributed by atoms with Crippen molar-refractivity contribution in [3.05, 3.63) is 93.7 Å². The van der Waals surface area contributed by atoms with Gasteiger partial charge in [-0.25, -0.2) is 4.98 Å². The molecule has 1 N–H and O–H groups in total. The summed E-state index contributed by atoms with van der Waals surface area (Å²) >= 11 is 2.90. The molecule has 0 radical (unpaired) electrons. The molecular formula is C28H24N2O3S2. The van der Waals surface area contributed by atoms with Crippen molar-refractivity contribution in [1.82, 2.24) is 4.98 Å². The number of aryl methyl sites for hydroxylation is 1. The van der Waals surface area contributed by atoms with Crippen LogP contribution in [-0.4, -0.2) is 25.1 Å². The van der Waals surface area contributed by atoms with Gasteiger partial charge in [-0.15, -0.1) is 22.7 Å². The highest BCUT2D eigenvalue weighted by Gasteiger charge is 2.20. The van der Waals surface area contributed by atoms with E-state index in [9.17, 15) is 4.79 Å². The molecule has 0 aliphatic rings. The van der Waals surface area contributed by atoms with E-state index in [0.29, 0.717) is 27.9 Å². The number of benzene rings is 3. The number of nitrogens with zero attached hydrogens (tertiary/aromatic N) is 1. The Morgan fingerprint density at radius 2 is 1.80 bits per heavy atom. The highest BCUT2D eigenvalue weighted by Crippen LogP contribution is 2.36. The number of ether oxygens (including phenoxy) is 2. The van der Waals surface area contributed by atoms with E-state index in [1.165, 1.54) is 33.8 Å². The van der Waals surface area contributed by atoms with Gasteiger partial charge in [0.15, 0.2) is 5.13 Å². The lowest BCUT2D eigenvalue weighted by atomic mass is 10.0. The van der Waals surface area contributed by atoms with E-state index < -0.39 is 0 Å². The van der Waals surface area contributed by atoms with E-state index in [1.54, 1.807) is 14.2 Å². The summed E-state index contributed by atoms with van der Waals surface area (Å²) in [6, 6.07) is 22.2. The van der Waals surface area contributed by atoms with Crippen molar-refractivity contribution in [2.24, 2.45) is 0 Å². The number of rotatable bonds is 7. The van der Waals surface area contributed by atoms with E-state index in [4.69, 9.17) is 9.47 Å². The summed E-state index contributed by atoms with van der Waals surface area (Å²) in [6.45, 7) is 2.08. The Balaban J connectivity index is 1.45. The lowest BCUT2D eigenvalue weighted by Crippen LogP contribution is -2.12. The second kappa shape index (κ2) is 9.90. The van der Waals surface area contributed by atoms with Crippen molar-refractivity contribution in [2.45, 2.75) is 13.3 Å². The minimum Gasteiger partial charge on any atom is -0.497 e. The number of nitrogens with one attached hydrogen (secondary N) is 1. The van der Waals surface area contributed by atoms with Crippen LogP contribution in [0.15, 0.2) is 72.1 Å². The topological polar surface area (TPSA) is 60.5 Å². The molecule has 7 heteroatoms. The van der Waals surface area contributed by atoms with Crippen LogP contribution in [0.3, 0.4) is 0 Å². The fraction of sp³-hybridized carbons (Fsp3) is 0.143.